The van der Waals surface area contributed by atoms with Crippen molar-refractivity contribution < 1.29 is 13.9 Å². The van der Waals surface area contributed by atoms with Gasteiger partial charge in [0.05, 0.1) is 10.0 Å². The van der Waals surface area contributed by atoms with E-state index in [0.717, 1.165) is 18.7 Å². The Morgan fingerprint density at radius 1 is 0.848 bits per heavy atom. The normalized spacial score (nSPS) is 14.5. The molecule has 0 saturated carbocycles. The minimum Gasteiger partial charge on any atom is -0.483 e. The number of piperazine rings is 1. The number of amides is 1. The topological polar surface area (TPSA) is 45.9 Å². The molecule has 1 amide bonds. The molecule has 0 N–H and O–H groups in total. The summed E-state index contributed by atoms with van der Waals surface area (Å²) < 4.78 is 11.4. The number of nitrogens with zero attached hydrogens (tertiary/aromatic N) is 2. The number of carbonyl (C=O) groups excluding carboxylic acids is 1. The van der Waals surface area contributed by atoms with Gasteiger partial charge in [0.1, 0.15) is 12.4 Å². The summed E-state index contributed by atoms with van der Waals surface area (Å²) in [6.07, 6.45) is 0. The van der Waals surface area contributed by atoms with Gasteiger partial charge in [0.25, 0.3) is 5.91 Å². The molecule has 2 heterocycles. The van der Waals surface area contributed by atoms with Gasteiger partial charge in [-0.25, -0.2) is 0 Å². The highest BCUT2D eigenvalue weighted by Crippen LogP contribution is 2.36. The molecule has 0 aliphatic carbocycles. The lowest BCUT2D eigenvalue weighted by Crippen LogP contribution is -2.48. The van der Waals surface area contributed by atoms with E-state index in [0.29, 0.717) is 56.3 Å². The largest absolute Gasteiger partial charge is 0.483 e. The third kappa shape index (κ3) is 6.10. The molecule has 1 saturated heterocycles. The maximum atomic E-state index is 12.9. The standard InChI is InChI=1S/C23H19Cl5N2O3/c24-15-2-1-14(18(26)9-15)12-29-5-7-30(8-6-29)23(31)21-4-3-17(33-21)13-32-22-19(27)10-16(25)11-20(22)28/h1-4,9-11H,5-8,12-13H2. The Kier molecular flexibility index (Phi) is 8.00. The van der Waals surface area contributed by atoms with E-state index in [9.17, 15) is 4.79 Å². The fourth-order valence-corrected chi connectivity index (χ4v) is 4.93. The van der Waals surface area contributed by atoms with Crippen LogP contribution in [0.15, 0.2) is 46.9 Å². The Labute approximate surface area is 216 Å². The first-order valence-corrected chi connectivity index (χ1v) is 12.0. The van der Waals surface area contributed by atoms with Crippen LogP contribution in [-0.2, 0) is 13.2 Å². The first kappa shape index (κ1) is 24.5. The second-order valence-electron chi connectivity index (χ2n) is 7.56. The molecule has 174 valence electrons. The molecule has 0 spiro atoms. The van der Waals surface area contributed by atoms with Crippen molar-refractivity contribution in [1.29, 1.82) is 0 Å². The van der Waals surface area contributed by atoms with E-state index in [-0.39, 0.29) is 18.3 Å². The van der Waals surface area contributed by atoms with E-state index < -0.39 is 0 Å². The molecule has 2 aromatic carbocycles. The highest BCUT2D eigenvalue weighted by atomic mass is 35.5. The molecular weight excluding hydrogens is 530 g/mol. The van der Waals surface area contributed by atoms with Crippen molar-refractivity contribution in [2.24, 2.45) is 0 Å². The summed E-state index contributed by atoms with van der Waals surface area (Å²) in [5, 5.41) is 2.27. The second kappa shape index (κ2) is 10.8. The molecule has 1 fully saturated rings. The van der Waals surface area contributed by atoms with Gasteiger partial charge < -0.3 is 14.1 Å². The van der Waals surface area contributed by atoms with E-state index in [2.05, 4.69) is 4.90 Å². The average molecular weight is 549 g/mol. The fraction of sp³-hybridized carbons (Fsp3) is 0.261. The maximum absolute atomic E-state index is 12.9. The van der Waals surface area contributed by atoms with Crippen LogP contribution >= 0.6 is 58.0 Å². The zero-order chi connectivity index (χ0) is 23.5. The molecule has 5 nitrogen and oxygen atoms in total. The van der Waals surface area contributed by atoms with E-state index >= 15 is 0 Å². The van der Waals surface area contributed by atoms with Crippen LogP contribution in [0.1, 0.15) is 21.9 Å². The average Bonchev–Trinajstić information content (AvgIpc) is 3.24. The first-order valence-electron chi connectivity index (χ1n) is 10.1. The van der Waals surface area contributed by atoms with Gasteiger partial charge >= 0.3 is 0 Å². The number of rotatable bonds is 6. The van der Waals surface area contributed by atoms with Gasteiger partial charge in [-0.2, -0.15) is 0 Å². The first-order chi connectivity index (χ1) is 15.8. The molecule has 0 unspecified atom stereocenters. The Morgan fingerprint density at radius 3 is 2.18 bits per heavy atom. The van der Waals surface area contributed by atoms with Crippen molar-refractivity contribution in [1.82, 2.24) is 9.80 Å². The molecule has 33 heavy (non-hydrogen) atoms. The predicted molar refractivity (Wildman–Crippen MR) is 132 cm³/mol. The summed E-state index contributed by atoms with van der Waals surface area (Å²) in [5.41, 5.74) is 1.01. The smallest absolute Gasteiger partial charge is 0.289 e. The predicted octanol–water partition coefficient (Wildman–Crippen LogP) is 7.08. The Morgan fingerprint density at radius 2 is 1.52 bits per heavy atom. The van der Waals surface area contributed by atoms with Crippen molar-refractivity contribution >= 4 is 63.9 Å². The van der Waals surface area contributed by atoms with Crippen LogP contribution < -0.4 is 4.74 Å². The molecule has 10 heteroatoms. The molecule has 1 aliphatic rings. The molecule has 1 aliphatic heterocycles. The zero-order valence-corrected chi connectivity index (χ0v) is 21.1. The second-order valence-corrected chi connectivity index (χ2v) is 9.65. The van der Waals surface area contributed by atoms with Crippen molar-refractivity contribution in [2.75, 3.05) is 26.2 Å². The minimum absolute atomic E-state index is 0.0734. The van der Waals surface area contributed by atoms with E-state index in [1.165, 1.54) is 0 Å². The van der Waals surface area contributed by atoms with Gasteiger partial charge in [-0.05, 0) is 42.0 Å². The van der Waals surface area contributed by atoms with Crippen LogP contribution in [0.2, 0.25) is 25.1 Å². The Hall–Kier alpha value is -1.60. The third-order valence-electron chi connectivity index (χ3n) is 5.26. The molecule has 4 rings (SSSR count). The molecule has 0 atom stereocenters. The van der Waals surface area contributed by atoms with Crippen LogP contribution in [0.3, 0.4) is 0 Å². The van der Waals surface area contributed by atoms with Gasteiger partial charge in [-0.15, -0.1) is 0 Å². The summed E-state index contributed by atoms with van der Waals surface area (Å²) in [6.45, 7) is 3.42. The van der Waals surface area contributed by atoms with Crippen molar-refractivity contribution in [2.45, 2.75) is 13.2 Å². The maximum Gasteiger partial charge on any atom is 0.289 e. The quantitative estimate of drug-likeness (QED) is 0.330. The zero-order valence-electron chi connectivity index (χ0n) is 17.3. The molecule has 1 aromatic heterocycles. The van der Waals surface area contributed by atoms with Gasteiger partial charge in [0.2, 0.25) is 0 Å². The fourth-order valence-electron chi connectivity index (χ4n) is 3.54. The Bertz CT molecular complexity index is 1140. The molecule has 0 bridgehead atoms. The molecular formula is C23H19Cl5N2O3. The number of carbonyl (C=O) groups is 1. The van der Waals surface area contributed by atoms with Gasteiger partial charge in [-0.1, -0.05) is 64.1 Å². The number of furan rings is 1. The molecule has 0 radical (unpaired) electrons. The van der Waals surface area contributed by atoms with Gasteiger partial charge in [-0.3, -0.25) is 9.69 Å². The van der Waals surface area contributed by atoms with Crippen molar-refractivity contribution in [3.05, 3.63) is 84.7 Å². The third-order valence-corrected chi connectivity index (χ3v) is 6.63. The lowest BCUT2D eigenvalue weighted by atomic mass is 10.2. The number of ether oxygens (including phenoxy) is 1. The lowest BCUT2D eigenvalue weighted by molar-refractivity contribution is 0.0594. The van der Waals surface area contributed by atoms with Crippen LogP contribution in [-0.4, -0.2) is 41.9 Å². The van der Waals surface area contributed by atoms with Crippen LogP contribution in [0.25, 0.3) is 0 Å². The van der Waals surface area contributed by atoms with E-state index in [4.69, 9.17) is 67.2 Å². The van der Waals surface area contributed by atoms with E-state index in [1.807, 2.05) is 12.1 Å². The minimum atomic E-state index is -0.159. The van der Waals surface area contributed by atoms with Gasteiger partial charge in [0.15, 0.2) is 11.5 Å². The highest BCUT2D eigenvalue weighted by Gasteiger charge is 2.25. The SMILES string of the molecule is O=C(c1ccc(COc2c(Cl)cc(Cl)cc2Cl)o1)N1CCN(Cc2ccc(Cl)cc2Cl)CC1. The molecule has 3 aromatic rings. The monoisotopic (exact) mass is 546 g/mol. The highest BCUT2D eigenvalue weighted by molar-refractivity contribution is 6.40. The summed E-state index contributed by atoms with van der Waals surface area (Å²) in [5.74, 6) is 0.893. The van der Waals surface area contributed by atoms with Crippen LogP contribution in [0, 0.1) is 0 Å². The van der Waals surface area contributed by atoms with E-state index in [1.54, 1.807) is 35.2 Å². The number of halogens is 5. The van der Waals surface area contributed by atoms with Gasteiger partial charge in [0, 0.05) is 47.8 Å². The summed E-state index contributed by atoms with van der Waals surface area (Å²) in [7, 11) is 0. The number of hydrogen-bond donors (Lipinski definition) is 0. The van der Waals surface area contributed by atoms with Crippen LogP contribution in [0.4, 0.5) is 0 Å². The van der Waals surface area contributed by atoms with Crippen molar-refractivity contribution in [3.63, 3.8) is 0 Å². The Balaban J connectivity index is 1.31. The lowest BCUT2D eigenvalue weighted by Gasteiger charge is -2.34. The van der Waals surface area contributed by atoms with Crippen molar-refractivity contribution in [3.8, 4) is 5.75 Å². The summed E-state index contributed by atoms with van der Waals surface area (Å²) in [4.78, 5) is 16.9. The number of benzene rings is 2. The summed E-state index contributed by atoms with van der Waals surface area (Å²) >= 11 is 30.4. The number of hydrogen-bond acceptors (Lipinski definition) is 4. The summed E-state index contributed by atoms with van der Waals surface area (Å²) in [6, 6.07) is 11.9. The van der Waals surface area contributed by atoms with Crippen LogP contribution in [0.5, 0.6) is 5.75 Å².